The van der Waals surface area contributed by atoms with E-state index < -0.39 is 31.1 Å². The average molecular weight is 290 g/mol. The normalized spacial score (nSPS) is 11.2. The SMILES string of the molecule is O=C(O)Cc1cccc(NC(=O)CNCC(F)(F)F)c1. The summed E-state index contributed by atoms with van der Waals surface area (Å²) in [6, 6.07) is 6.10. The molecule has 20 heavy (non-hydrogen) atoms. The van der Waals surface area contributed by atoms with Gasteiger partial charge in [0.05, 0.1) is 19.5 Å². The van der Waals surface area contributed by atoms with Gasteiger partial charge in [-0.3, -0.25) is 9.59 Å². The van der Waals surface area contributed by atoms with Gasteiger partial charge in [-0.05, 0) is 17.7 Å². The summed E-state index contributed by atoms with van der Waals surface area (Å²) in [6.45, 7) is -1.73. The van der Waals surface area contributed by atoms with Gasteiger partial charge in [-0.25, -0.2) is 0 Å². The van der Waals surface area contributed by atoms with E-state index in [2.05, 4.69) is 5.32 Å². The van der Waals surface area contributed by atoms with Crippen LogP contribution >= 0.6 is 0 Å². The second-order valence-corrected chi connectivity index (χ2v) is 4.04. The molecule has 0 heterocycles. The molecule has 0 unspecified atom stereocenters. The van der Waals surface area contributed by atoms with Gasteiger partial charge in [-0.1, -0.05) is 12.1 Å². The van der Waals surface area contributed by atoms with E-state index in [9.17, 15) is 22.8 Å². The minimum atomic E-state index is -4.37. The number of hydrogen-bond donors (Lipinski definition) is 3. The molecule has 0 saturated carbocycles. The van der Waals surface area contributed by atoms with Gasteiger partial charge >= 0.3 is 12.1 Å². The number of carbonyl (C=O) groups is 2. The van der Waals surface area contributed by atoms with Crippen LogP contribution in [0.25, 0.3) is 0 Å². The number of halogens is 3. The van der Waals surface area contributed by atoms with Crippen LogP contribution in [-0.2, 0) is 16.0 Å². The van der Waals surface area contributed by atoms with E-state index in [1.807, 2.05) is 5.32 Å². The molecule has 110 valence electrons. The Morgan fingerprint density at radius 3 is 2.55 bits per heavy atom. The van der Waals surface area contributed by atoms with Crippen LogP contribution in [0.3, 0.4) is 0 Å². The monoisotopic (exact) mass is 290 g/mol. The van der Waals surface area contributed by atoms with Gasteiger partial charge in [0.25, 0.3) is 0 Å². The summed E-state index contributed by atoms with van der Waals surface area (Å²) in [5.41, 5.74) is 0.820. The smallest absolute Gasteiger partial charge is 0.401 e. The summed E-state index contributed by atoms with van der Waals surface area (Å²) < 4.78 is 35.6. The van der Waals surface area contributed by atoms with Gasteiger partial charge in [-0.15, -0.1) is 0 Å². The van der Waals surface area contributed by atoms with Crippen molar-refractivity contribution in [1.29, 1.82) is 0 Å². The van der Waals surface area contributed by atoms with Gasteiger partial charge in [0, 0.05) is 5.69 Å². The molecular formula is C12H13F3N2O3. The lowest BCUT2D eigenvalue weighted by molar-refractivity contribution is -0.136. The zero-order valence-corrected chi connectivity index (χ0v) is 10.3. The summed E-state index contributed by atoms with van der Waals surface area (Å²) in [7, 11) is 0. The maximum atomic E-state index is 11.9. The number of amides is 1. The quantitative estimate of drug-likeness (QED) is 0.740. The van der Waals surface area contributed by atoms with E-state index in [0.29, 0.717) is 11.3 Å². The van der Waals surface area contributed by atoms with Gasteiger partial charge in [-0.2, -0.15) is 13.2 Å². The van der Waals surface area contributed by atoms with Gasteiger partial charge in [0.2, 0.25) is 5.91 Å². The lowest BCUT2D eigenvalue weighted by Gasteiger charge is -2.09. The highest BCUT2D eigenvalue weighted by atomic mass is 19.4. The van der Waals surface area contributed by atoms with Crippen LogP contribution in [0.2, 0.25) is 0 Å². The van der Waals surface area contributed by atoms with Crippen molar-refractivity contribution in [2.45, 2.75) is 12.6 Å². The van der Waals surface area contributed by atoms with Crippen LogP contribution in [0.5, 0.6) is 0 Å². The molecule has 1 amide bonds. The Bertz CT molecular complexity index is 489. The minimum absolute atomic E-state index is 0.198. The lowest BCUT2D eigenvalue weighted by Crippen LogP contribution is -2.35. The summed E-state index contributed by atoms with van der Waals surface area (Å²) in [6.07, 6.45) is -4.57. The Kier molecular flexibility index (Phi) is 5.51. The first-order valence-corrected chi connectivity index (χ1v) is 5.64. The zero-order chi connectivity index (χ0) is 15.2. The molecule has 0 bridgehead atoms. The third-order valence-corrected chi connectivity index (χ3v) is 2.18. The maximum absolute atomic E-state index is 11.9. The second-order valence-electron chi connectivity index (χ2n) is 4.04. The molecule has 0 aromatic heterocycles. The first-order valence-electron chi connectivity index (χ1n) is 5.64. The predicted octanol–water partition coefficient (Wildman–Crippen LogP) is 1.40. The number of carboxylic acids is 1. The zero-order valence-electron chi connectivity index (χ0n) is 10.3. The Labute approximate surface area is 112 Å². The molecule has 0 spiro atoms. The number of alkyl halides is 3. The molecular weight excluding hydrogens is 277 g/mol. The van der Waals surface area contributed by atoms with E-state index >= 15 is 0 Å². The average Bonchev–Trinajstić information content (AvgIpc) is 2.26. The van der Waals surface area contributed by atoms with Crippen LogP contribution in [0.15, 0.2) is 24.3 Å². The highest BCUT2D eigenvalue weighted by Gasteiger charge is 2.26. The fourth-order valence-corrected chi connectivity index (χ4v) is 1.46. The maximum Gasteiger partial charge on any atom is 0.401 e. The van der Waals surface area contributed by atoms with E-state index in [-0.39, 0.29) is 6.42 Å². The highest BCUT2D eigenvalue weighted by molar-refractivity contribution is 5.92. The molecule has 0 radical (unpaired) electrons. The molecule has 8 heteroatoms. The molecule has 0 fully saturated rings. The third kappa shape index (κ3) is 6.74. The number of carbonyl (C=O) groups excluding carboxylic acids is 1. The summed E-state index contributed by atoms with van der Waals surface area (Å²) in [5, 5.41) is 13.0. The molecule has 1 rings (SSSR count). The van der Waals surface area contributed by atoms with Crippen molar-refractivity contribution >= 4 is 17.6 Å². The molecule has 0 atom stereocenters. The van der Waals surface area contributed by atoms with Crippen molar-refractivity contribution in [3.8, 4) is 0 Å². The molecule has 0 aliphatic rings. The first-order chi connectivity index (χ1) is 9.26. The highest BCUT2D eigenvalue weighted by Crippen LogP contribution is 2.12. The number of rotatable bonds is 6. The van der Waals surface area contributed by atoms with E-state index in [4.69, 9.17) is 5.11 Å². The Hall–Kier alpha value is -2.09. The van der Waals surface area contributed by atoms with Crippen molar-refractivity contribution in [2.75, 3.05) is 18.4 Å². The number of aliphatic carboxylic acids is 1. The Morgan fingerprint density at radius 2 is 1.95 bits per heavy atom. The number of anilines is 1. The standard InChI is InChI=1S/C12H13F3N2O3/c13-12(14,15)7-16-6-10(18)17-9-3-1-2-8(4-9)5-11(19)20/h1-4,16H,5-7H2,(H,17,18)(H,19,20). The van der Waals surface area contributed by atoms with E-state index in [1.165, 1.54) is 12.1 Å². The lowest BCUT2D eigenvalue weighted by atomic mass is 10.1. The van der Waals surface area contributed by atoms with Crippen molar-refractivity contribution in [3.63, 3.8) is 0 Å². The molecule has 0 aliphatic carbocycles. The van der Waals surface area contributed by atoms with Crippen molar-refractivity contribution in [1.82, 2.24) is 5.32 Å². The summed E-state index contributed by atoms with van der Waals surface area (Å²) >= 11 is 0. The molecule has 0 aliphatic heterocycles. The Balaban J connectivity index is 2.47. The fraction of sp³-hybridized carbons (Fsp3) is 0.333. The predicted molar refractivity (Wildman–Crippen MR) is 65.3 cm³/mol. The molecule has 1 aromatic carbocycles. The van der Waals surface area contributed by atoms with E-state index in [1.54, 1.807) is 12.1 Å². The van der Waals surface area contributed by atoms with Gasteiger partial charge < -0.3 is 15.7 Å². The number of benzene rings is 1. The molecule has 0 saturated heterocycles. The van der Waals surface area contributed by atoms with Crippen molar-refractivity contribution < 1.29 is 27.9 Å². The van der Waals surface area contributed by atoms with Crippen LogP contribution < -0.4 is 10.6 Å². The molecule has 1 aromatic rings. The number of hydrogen-bond acceptors (Lipinski definition) is 3. The molecule has 5 nitrogen and oxygen atoms in total. The third-order valence-electron chi connectivity index (χ3n) is 2.18. The van der Waals surface area contributed by atoms with Crippen molar-refractivity contribution in [3.05, 3.63) is 29.8 Å². The molecule has 3 N–H and O–H groups in total. The topological polar surface area (TPSA) is 78.4 Å². The summed E-state index contributed by atoms with van der Waals surface area (Å²) in [4.78, 5) is 21.9. The van der Waals surface area contributed by atoms with Gasteiger partial charge in [0.1, 0.15) is 0 Å². The van der Waals surface area contributed by atoms with Gasteiger partial charge in [0.15, 0.2) is 0 Å². The van der Waals surface area contributed by atoms with Crippen molar-refractivity contribution in [2.24, 2.45) is 0 Å². The minimum Gasteiger partial charge on any atom is -0.481 e. The summed E-state index contributed by atoms with van der Waals surface area (Å²) in [5.74, 6) is -1.65. The second kappa shape index (κ2) is 6.90. The number of carboxylic acid groups (broad SMARTS) is 1. The van der Waals surface area contributed by atoms with E-state index in [0.717, 1.165) is 0 Å². The van der Waals surface area contributed by atoms with Crippen LogP contribution in [-0.4, -0.2) is 36.2 Å². The van der Waals surface area contributed by atoms with Crippen LogP contribution in [0.1, 0.15) is 5.56 Å². The first kappa shape index (κ1) is 16.0. The number of nitrogens with one attached hydrogen (secondary N) is 2. The Morgan fingerprint density at radius 1 is 1.25 bits per heavy atom. The largest absolute Gasteiger partial charge is 0.481 e. The van der Waals surface area contributed by atoms with Crippen LogP contribution in [0.4, 0.5) is 18.9 Å². The fourth-order valence-electron chi connectivity index (χ4n) is 1.46. The van der Waals surface area contributed by atoms with Crippen LogP contribution in [0, 0.1) is 0 Å².